The SMILES string of the molecule is CCOCCC(=O)N1Cc2ccccc2C(C(=O)O)C1. The van der Waals surface area contributed by atoms with E-state index >= 15 is 0 Å². The molecule has 1 atom stereocenters. The van der Waals surface area contributed by atoms with Gasteiger partial charge >= 0.3 is 5.97 Å². The lowest BCUT2D eigenvalue weighted by Crippen LogP contribution is -2.40. The van der Waals surface area contributed by atoms with Gasteiger partial charge in [0, 0.05) is 19.7 Å². The number of ether oxygens (including phenoxy) is 1. The van der Waals surface area contributed by atoms with Crippen molar-refractivity contribution in [3.05, 3.63) is 35.4 Å². The maximum Gasteiger partial charge on any atom is 0.312 e. The Morgan fingerprint density at radius 3 is 2.85 bits per heavy atom. The second kappa shape index (κ2) is 6.52. The Labute approximate surface area is 118 Å². The van der Waals surface area contributed by atoms with Crippen LogP contribution in [0.3, 0.4) is 0 Å². The molecule has 20 heavy (non-hydrogen) atoms. The highest BCUT2D eigenvalue weighted by molar-refractivity contribution is 5.81. The highest BCUT2D eigenvalue weighted by atomic mass is 16.5. The molecular formula is C15H19NO4. The molecule has 5 nitrogen and oxygen atoms in total. The molecule has 1 aromatic rings. The van der Waals surface area contributed by atoms with Gasteiger partial charge in [0.15, 0.2) is 0 Å². The second-order valence-corrected chi connectivity index (χ2v) is 4.81. The fourth-order valence-electron chi connectivity index (χ4n) is 2.47. The Hall–Kier alpha value is -1.88. The summed E-state index contributed by atoms with van der Waals surface area (Å²) < 4.78 is 5.17. The first-order chi connectivity index (χ1) is 9.63. The number of benzene rings is 1. The molecule has 2 rings (SSSR count). The highest BCUT2D eigenvalue weighted by Gasteiger charge is 2.31. The quantitative estimate of drug-likeness (QED) is 0.831. The van der Waals surface area contributed by atoms with Gasteiger partial charge in [-0.25, -0.2) is 0 Å². The molecule has 0 radical (unpaired) electrons. The smallest absolute Gasteiger partial charge is 0.312 e. The number of aliphatic carboxylic acids is 1. The molecule has 1 heterocycles. The molecule has 1 aromatic carbocycles. The molecule has 108 valence electrons. The van der Waals surface area contributed by atoms with E-state index in [1.165, 1.54) is 0 Å². The minimum atomic E-state index is -0.889. The van der Waals surface area contributed by atoms with Crippen molar-refractivity contribution >= 4 is 11.9 Å². The molecular weight excluding hydrogens is 258 g/mol. The summed E-state index contributed by atoms with van der Waals surface area (Å²) >= 11 is 0. The lowest BCUT2D eigenvalue weighted by Gasteiger charge is -2.32. The van der Waals surface area contributed by atoms with Gasteiger partial charge in [-0.3, -0.25) is 9.59 Å². The van der Waals surface area contributed by atoms with Crippen molar-refractivity contribution in [2.75, 3.05) is 19.8 Å². The Morgan fingerprint density at radius 2 is 2.15 bits per heavy atom. The van der Waals surface area contributed by atoms with Crippen LogP contribution in [0.15, 0.2) is 24.3 Å². The number of carbonyl (C=O) groups is 2. The van der Waals surface area contributed by atoms with Crippen molar-refractivity contribution in [1.29, 1.82) is 0 Å². The minimum absolute atomic E-state index is 0.0563. The number of fused-ring (bicyclic) bond motifs is 1. The second-order valence-electron chi connectivity index (χ2n) is 4.81. The van der Waals surface area contributed by atoms with E-state index in [-0.39, 0.29) is 12.5 Å². The molecule has 1 unspecified atom stereocenters. The summed E-state index contributed by atoms with van der Waals surface area (Å²) in [5, 5.41) is 9.34. The molecule has 1 aliphatic heterocycles. The number of rotatable bonds is 5. The summed E-state index contributed by atoms with van der Waals surface area (Å²) in [5.74, 6) is -1.59. The van der Waals surface area contributed by atoms with Gasteiger partial charge in [0.25, 0.3) is 0 Å². The van der Waals surface area contributed by atoms with Crippen molar-refractivity contribution in [3.63, 3.8) is 0 Å². The third-order valence-electron chi connectivity index (χ3n) is 3.51. The van der Waals surface area contributed by atoms with Gasteiger partial charge in [-0.05, 0) is 18.1 Å². The normalized spacial score (nSPS) is 17.6. The van der Waals surface area contributed by atoms with E-state index in [9.17, 15) is 14.7 Å². The van der Waals surface area contributed by atoms with Crippen LogP contribution in [0.5, 0.6) is 0 Å². The predicted octanol–water partition coefficient (Wildman–Crippen LogP) is 1.62. The monoisotopic (exact) mass is 277 g/mol. The number of carboxylic acids is 1. The molecule has 0 fully saturated rings. The van der Waals surface area contributed by atoms with Gasteiger partial charge in [0.1, 0.15) is 0 Å². The average Bonchev–Trinajstić information content (AvgIpc) is 2.46. The highest BCUT2D eigenvalue weighted by Crippen LogP contribution is 2.28. The van der Waals surface area contributed by atoms with Gasteiger partial charge in [-0.1, -0.05) is 24.3 Å². The van der Waals surface area contributed by atoms with Gasteiger partial charge in [-0.15, -0.1) is 0 Å². The number of hydrogen-bond donors (Lipinski definition) is 1. The fourth-order valence-corrected chi connectivity index (χ4v) is 2.47. The first kappa shape index (κ1) is 14.5. The maximum atomic E-state index is 12.1. The van der Waals surface area contributed by atoms with E-state index in [4.69, 9.17) is 4.74 Å². The Bertz CT molecular complexity index is 500. The summed E-state index contributed by atoms with van der Waals surface area (Å²) in [4.78, 5) is 25.1. The molecule has 0 aromatic heterocycles. The number of carbonyl (C=O) groups excluding carboxylic acids is 1. The third kappa shape index (κ3) is 3.17. The molecule has 0 saturated heterocycles. The molecule has 1 N–H and O–H groups in total. The zero-order valence-corrected chi connectivity index (χ0v) is 11.5. The predicted molar refractivity (Wildman–Crippen MR) is 73.3 cm³/mol. The van der Waals surface area contributed by atoms with E-state index in [1.54, 1.807) is 4.90 Å². The van der Waals surface area contributed by atoms with Crippen molar-refractivity contribution in [2.45, 2.75) is 25.8 Å². The van der Waals surface area contributed by atoms with E-state index in [0.29, 0.717) is 26.2 Å². The Morgan fingerprint density at radius 1 is 1.40 bits per heavy atom. The largest absolute Gasteiger partial charge is 0.481 e. The number of nitrogens with zero attached hydrogens (tertiary/aromatic N) is 1. The Kier molecular flexibility index (Phi) is 4.74. The van der Waals surface area contributed by atoms with Gasteiger partial charge in [-0.2, -0.15) is 0 Å². The van der Waals surface area contributed by atoms with E-state index in [2.05, 4.69) is 0 Å². The number of hydrogen-bond acceptors (Lipinski definition) is 3. The van der Waals surface area contributed by atoms with Crippen LogP contribution in [-0.2, 0) is 20.9 Å². The lowest BCUT2D eigenvalue weighted by molar-refractivity contribution is -0.141. The van der Waals surface area contributed by atoms with Crippen LogP contribution < -0.4 is 0 Å². The number of amides is 1. The van der Waals surface area contributed by atoms with Crippen molar-refractivity contribution in [2.24, 2.45) is 0 Å². The first-order valence-electron chi connectivity index (χ1n) is 6.79. The summed E-state index contributed by atoms with van der Waals surface area (Å²) in [5.41, 5.74) is 1.73. The van der Waals surface area contributed by atoms with E-state index < -0.39 is 11.9 Å². The van der Waals surface area contributed by atoms with E-state index in [1.807, 2.05) is 31.2 Å². The molecule has 5 heteroatoms. The zero-order valence-electron chi connectivity index (χ0n) is 11.5. The summed E-state index contributed by atoms with van der Waals surface area (Å²) in [7, 11) is 0. The van der Waals surface area contributed by atoms with Crippen LogP contribution >= 0.6 is 0 Å². The number of carboxylic acid groups (broad SMARTS) is 1. The van der Waals surface area contributed by atoms with Crippen molar-refractivity contribution in [3.8, 4) is 0 Å². The maximum absolute atomic E-state index is 12.1. The van der Waals surface area contributed by atoms with Gasteiger partial charge in [0.2, 0.25) is 5.91 Å². The average molecular weight is 277 g/mol. The molecule has 0 saturated carbocycles. The van der Waals surface area contributed by atoms with Crippen LogP contribution in [0.4, 0.5) is 0 Å². The van der Waals surface area contributed by atoms with Crippen LogP contribution in [0.25, 0.3) is 0 Å². The van der Waals surface area contributed by atoms with Crippen LogP contribution in [0.2, 0.25) is 0 Å². The molecule has 0 spiro atoms. The third-order valence-corrected chi connectivity index (χ3v) is 3.51. The Balaban J connectivity index is 2.12. The van der Waals surface area contributed by atoms with Gasteiger partial charge < -0.3 is 14.7 Å². The van der Waals surface area contributed by atoms with Crippen LogP contribution in [-0.4, -0.2) is 41.6 Å². The molecule has 0 bridgehead atoms. The molecule has 1 aliphatic rings. The zero-order chi connectivity index (χ0) is 14.5. The van der Waals surface area contributed by atoms with Crippen LogP contribution in [0, 0.1) is 0 Å². The molecule has 0 aliphatic carbocycles. The van der Waals surface area contributed by atoms with Gasteiger partial charge in [0.05, 0.1) is 18.9 Å². The summed E-state index contributed by atoms with van der Waals surface area (Å²) in [6.07, 6.45) is 0.294. The first-order valence-corrected chi connectivity index (χ1v) is 6.79. The van der Waals surface area contributed by atoms with Crippen molar-refractivity contribution < 1.29 is 19.4 Å². The summed E-state index contributed by atoms with van der Waals surface area (Å²) in [6, 6.07) is 7.41. The standard InChI is InChI=1S/C15H19NO4/c1-2-20-8-7-14(17)16-9-11-5-3-4-6-12(11)13(10-16)15(18)19/h3-6,13H,2,7-10H2,1H3,(H,18,19). The van der Waals surface area contributed by atoms with Crippen molar-refractivity contribution in [1.82, 2.24) is 4.90 Å². The summed E-state index contributed by atoms with van der Waals surface area (Å²) in [6.45, 7) is 3.55. The fraction of sp³-hybridized carbons (Fsp3) is 0.467. The minimum Gasteiger partial charge on any atom is -0.481 e. The van der Waals surface area contributed by atoms with Crippen LogP contribution in [0.1, 0.15) is 30.4 Å². The topological polar surface area (TPSA) is 66.8 Å². The van der Waals surface area contributed by atoms with E-state index in [0.717, 1.165) is 11.1 Å². The molecule has 1 amide bonds. The lowest BCUT2D eigenvalue weighted by atomic mass is 9.89.